The Kier molecular flexibility index (Phi) is 7.06. The molecule has 1 amide bonds. The van der Waals surface area contributed by atoms with Crippen molar-refractivity contribution in [1.82, 2.24) is 4.90 Å². The number of nitrogens with zero attached hydrogens (tertiary/aromatic N) is 2. The van der Waals surface area contributed by atoms with Crippen LogP contribution in [0.5, 0.6) is 5.75 Å². The number of carbonyl (C=O) groups excluding carboxylic acids is 2. The van der Waals surface area contributed by atoms with Gasteiger partial charge >= 0.3 is 5.97 Å². The maximum absolute atomic E-state index is 12.9. The van der Waals surface area contributed by atoms with Gasteiger partial charge in [-0.25, -0.2) is 0 Å². The quantitative estimate of drug-likeness (QED) is 0.244. The molecule has 0 spiro atoms. The molecule has 0 aliphatic carbocycles. The van der Waals surface area contributed by atoms with Crippen molar-refractivity contribution in [2.24, 2.45) is 0 Å². The molecule has 0 aromatic heterocycles. The summed E-state index contributed by atoms with van der Waals surface area (Å²) in [4.78, 5) is 37.2. The lowest BCUT2D eigenvalue weighted by Gasteiger charge is -2.46. The number of hydrogen-bond acceptors (Lipinski definition) is 7. The number of benzene rings is 1. The van der Waals surface area contributed by atoms with Gasteiger partial charge in [0.25, 0.3) is 11.6 Å². The Morgan fingerprint density at radius 1 is 1.31 bits per heavy atom. The van der Waals surface area contributed by atoms with E-state index in [0.29, 0.717) is 23.7 Å². The van der Waals surface area contributed by atoms with Gasteiger partial charge in [0, 0.05) is 30.7 Å². The zero-order chi connectivity index (χ0) is 23.5. The summed E-state index contributed by atoms with van der Waals surface area (Å²) in [5, 5.41) is 11.4. The van der Waals surface area contributed by atoms with Crippen LogP contribution in [0.2, 0.25) is 0 Å². The second kappa shape index (κ2) is 9.58. The van der Waals surface area contributed by atoms with Crippen LogP contribution in [0.25, 0.3) is 0 Å². The Morgan fingerprint density at radius 2 is 2.06 bits per heavy atom. The third kappa shape index (κ3) is 5.03. The fraction of sp³-hybridized carbons (Fsp3) is 0.565. The van der Waals surface area contributed by atoms with Crippen LogP contribution in [0.4, 0.5) is 5.69 Å². The van der Waals surface area contributed by atoms with Crippen LogP contribution in [0.1, 0.15) is 65.0 Å². The maximum atomic E-state index is 12.9. The summed E-state index contributed by atoms with van der Waals surface area (Å²) in [5.41, 5.74) is -0.676. The van der Waals surface area contributed by atoms with E-state index < -0.39 is 28.6 Å². The maximum Gasteiger partial charge on any atom is 0.303 e. The van der Waals surface area contributed by atoms with Crippen LogP contribution >= 0.6 is 0 Å². The van der Waals surface area contributed by atoms with E-state index >= 15 is 0 Å². The van der Waals surface area contributed by atoms with Crippen LogP contribution < -0.4 is 4.74 Å². The van der Waals surface area contributed by atoms with Crippen molar-refractivity contribution < 1.29 is 28.7 Å². The molecule has 9 nitrogen and oxygen atoms in total. The first-order chi connectivity index (χ1) is 15.1. The van der Waals surface area contributed by atoms with Crippen LogP contribution in [-0.2, 0) is 19.1 Å². The smallest absolute Gasteiger partial charge is 0.303 e. The number of carbonyl (C=O) groups is 2. The molecular weight excluding hydrogens is 416 g/mol. The second-order valence-corrected chi connectivity index (χ2v) is 8.65. The highest BCUT2D eigenvalue weighted by Gasteiger charge is 2.51. The molecule has 0 saturated carbocycles. The fourth-order valence-electron chi connectivity index (χ4n) is 4.14. The molecule has 2 atom stereocenters. The lowest BCUT2D eigenvalue weighted by atomic mass is 9.85. The fourth-order valence-corrected chi connectivity index (χ4v) is 4.14. The zero-order valence-corrected chi connectivity index (χ0v) is 19.0. The highest BCUT2D eigenvalue weighted by molar-refractivity contribution is 5.91. The summed E-state index contributed by atoms with van der Waals surface area (Å²) in [6.07, 6.45) is 4.78. The summed E-state index contributed by atoms with van der Waals surface area (Å²) in [6.45, 7) is 7.64. The Labute approximate surface area is 187 Å². The van der Waals surface area contributed by atoms with Gasteiger partial charge in [0.05, 0.1) is 18.1 Å². The van der Waals surface area contributed by atoms with Crippen LogP contribution in [0.3, 0.4) is 0 Å². The number of hydrogen-bond donors (Lipinski definition) is 0. The summed E-state index contributed by atoms with van der Waals surface area (Å²) >= 11 is 0. The largest absolute Gasteiger partial charge is 0.496 e. The zero-order valence-electron chi connectivity index (χ0n) is 19.0. The average Bonchev–Trinajstić information content (AvgIpc) is 3.07. The molecule has 2 heterocycles. The molecule has 2 aliphatic rings. The van der Waals surface area contributed by atoms with E-state index in [1.165, 1.54) is 36.1 Å². The Balaban J connectivity index is 1.91. The van der Waals surface area contributed by atoms with Gasteiger partial charge in [-0.3, -0.25) is 19.7 Å². The number of unbranched alkanes of at least 4 members (excludes halogenated alkanes) is 3. The first-order valence-corrected chi connectivity index (χ1v) is 10.9. The lowest BCUT2D eigenvalue weighted by Crippen LogP contribution is -2.55. The summed E-state index contributed by atoms with van der Waals surface area (Å²) in [5.74, 6) is 0.114. The second-order valence-electron chi connectivity index (χ2n) is 8.65. The molecular formula is C23H30N2O7. The first-order valence-electron chi connectivity index (χ1n) is 10.9. The topological polar surface area (TPSA) is 108 Å². The summed E-state index contributed by atoms with van der Waals surface area (Å²) in [7, 11) is 0. The van der Waals surface area contributed by atoms with E-state index in [1.807, 2.05) is 0 Å². The number of ether oxygens (including phenoxy) is 3. The summed E-state index contributed by atoms with van der Waals surface area (Å²) in [6, 6.07) is 3.49. The molecule has 9 heteroatoms. The van der Waals surface area contributed by atoms with Gasteiger partial charge < -0.3 is 19.1 Å². The molecule has 1 aromatic carbocycles. The van der Waals surface area contributed by atoms with Crippen LogP contribution in [-0.4, -0.2) is 46.6 Å². The van der Waals surface area contributed by atoms with E-state index in [0.717, 1.165) is 25.7 Å². The molecule has 2 aliphatic heterocycles. The van der Waals surface area contributed by atoms with Crippen LogP contribution in [0, 0.1) is 10.1 Å². The molecule has 32 heavy (non-hydrogen) atoms. The number of amides is 1. The van der Waals surface area contributed by atoms with Crippen molar-refractivity contribution in [2.45, 2.75) is 71.1 Å². The molecule has 3 rings (SSSR count). The van der Waals surface area contributed by atoms with Gasteiger partial charge in [0.1, 0.15) is 23.2 Å². The predicted octanol–water partition coefficient (Wildman–Crippen LogP) is 4.06. The van der Waals surface area contributed by atoms with Gasteiger partial charge in [-0.15, -0.1) is 0 Å². The van der Waals surface area contributed by atoms with Crippen LogP contribution in [0.15, 0.2) is 30.0 Å². The summed E-state index contributed by atoms with van der Waals surface area (Å²) < 4.78 is 17.5. The first kappa shape index (κ1) is 23.6. The standard InChI is InChI=1S/C23H30N2O7/c1-5-6-7-8-11-30-17-13-20(27)24(14-17)21-18-12-16(25(28)29)9-10-19(18)32-23(3,4)22(21)31-15(2)26/h9-10,12-13,21-22H,5-8,11,14H2,1-4H3/t21-,22+/m0/s1. The Bertz CT molecular complexity index is 925. The number of nitro benzene ring substituents is 1. The molecule has 0 saturated heterocycles. The van der Waals surface area contributed by atoms with Crippen molar-refractivity contribution in [3.8, 4) is 5.75 Å². The number of esters is 1. The number of nitro groups is 1. The SMILES string of the molecule is CCCCCCOC1=CC(=O)N([C@H]2c3cc([N+](=O)[O-])ccc3OC(C)(C)[C@@H]2OC(C)=O)C1. The minimum atomic E-state index is -0.969. The molecule has 0 fully saturated rings. The monoisotopic (exact) mass is 446 g/mol. The highest BCUT2D eigenvalue weighted by Crippen LogP contribution is 2.46. The normalized spacial score (nSPS) is 21.4. The molecule has 0 bridgehead atoms. The molecule has 0 N–H and O–H groups in total. The van der Waals surface area contributed by atoms with E-state index in [1.54, 1.807) is 13.8 Å². The number of rotatable bonds is 9. The van der Waals surface area contributed by atoms with Gasteiger partial charge in [0.2, 0.25) is 0 Å². The molecule has 0 unspecified atom stereocenters. The highest BCUT2D eigenvalue weighted by atomic mass is 16.6. The predicted molar refractivity (Wildman–Crippen MR) is 116 cm³/mol. The van der Waals surface area contributed by atoms with E-state index in [-0.39, 0.29) is 18.1 Å². The van der Waals surface area contributed by atoms with Gasteiger partial charge in [0.15, 0.2) is 6.10 Å². The minimum Gasteiger partial charge on any atom is -0.496 e. The Hall–Kier alpha value is -3.10. The molecule has 1 aromatic rings. The number of non-ortho nitro benzene ring substituents is 1. The van der Waals surface area contributed by atoms with E-state index in [9.17, 15) is 19.7 Å². The Morgan fingerprint density at radius 3 is 2.72 bits per heavy atom. The number of fused-ring (bicyclic) bond motifs is 1. The van der Waals surface area contributed by atoms with Crippen molar-refractivity contribution in [3.05, 3.63) is 45.7 Å². The third-order valence-electron chi connectivity index (χ3n) is 5.68. The van der Waals surface area contributed by atoms with E-state index in [2.05, 4.69) is 6.92 Å². The van der Waals surface area contributed by atoms with Crippen molar-refractivity contribution in [2.75, 3.05) is 13.2 Å². The van der Waals surface area contributed by atoms with Crippen molar-refractivity contribution in [3.63, 3.8) is 0 Å². The average molecular weight is 447 g/mol. The van der Waals surface area contributed by atoms with Gasteiger partial charge in [-0.1, -0.05) is 26.2 Å². The van der Waals surface area contributed by atoms with Crippen molar-refractivity contribution in [1.29, 1.82) is 0 Å². The molecule has 0 radical (unpaired) electrons. The van der Waals surface area contributed by atoms with E-state index in [4.69, 9.17) is 14.2 Å². The van der Waals surface area contributed by atoms with Gasteiger partial charge in [-0.05, 0) is 26.3 Å². The third-order valence-corrected chi connectivity index (χ3v) is 5.68. The van der Waals surface area contributed by atoms with Gasteiger partial charge in [-0.2, -0.15) is 0 Å². The van der Waals surface area contributed by atoms with Crippen molar-refractivity contribution >= 4 is 17.6 Å². The minimum absolute atomic E-state index is 0.134. The lowest BCUT2D eigenvalue weighted by molar-refractivity contribution is -0.385. The molecule has 174 valence electrons.